The van der Waals surface area contributed by atoms with E-state index in [1.165, 1.54) is 4.90 Å². The number of rotatable bonds is 3. The second kappa shape index (κ2) is 9.50. The number of carboxylic acid groups (broad SMARTS) is 2. The van der Waals surface area contributed by atoms with Gasteiger partial charge in [0, 0.05) is 26.2 Å². The van der Waals surface area contributed by atoms with Crippen LogP contribution < -0.4 is 0 Å². The highest BCUT2D eigenvalue weighted by Crippen LogP contribution is 1.82. The molecule has 0 aliphatic rings. The minimum Gasteiger partial charge on any atom is -0.478 e. The zero-order valence-electron chi connectivity index (χ0n) is 9.34. The van der Waals surface area contributed by atoms with Gasteiger partial charge in [-0.3, -0.25) is 0 Å². The van der Waals surface area contributed by atoms with Crippen LogP contribution in [0.3, 0.4) is 0 Å². The standard InChI is InChI=1S/C5H11NO2.C4H4O4/c1-4-8-5(7)6(2)3;5-3(6)1-2-4(7)8/h4H2,1-3H3;1-2H,(H,5,6)(H,7,8)/b;2-1+. The van der Waals surface area contributed by atoms with Crippen molar-refractivity contribution < 1.29 is 29.3 Å². The van der Waals surface area contributed by atoms with E-state index in [4.69, 9.17) is 10.2 Å². The molecule has 0 fully saturated rings. The van der Waals surface area contributed by atoms with Crippen LogP contribution >= 0.6 is 0 Å². The molecule has 0 unspecified atom stereocenters. The number of hydrogen-bond donors (Lipinski definition) is 2. The van der Waals surface area contributed by atoms with Gasteiger partial charge < -0.3 is 19.8 Å². The van der Waals surface area contributed by atoms with Gasteiger partial charge >= 0.3 is 18.0 Å². The fourth-order valence-electron chi connectivity index (χ4n) is 0.395. The van der Waals surface area contributed by atoms with E-state index in [-0.39, 0.29) is 6.09 Å². The molecular weight excluding hydrogens is 218 g/mol. The highest BCUT2D eigenvalue weighted by molar-refractivity contribution is 5.89. The lowest BCUT2D eigenvalue weighted by atomic mass is 10.5. The monoisotopic (exact) mass is 233 g/mol. The van der Waals surface area contributed by atoms with Gasteiger partial charge in [0.15, 0.2) is 0 Å². The van der Waals surface area contributed by atoms with E-state index in [0.717, 1.165) is 0 Å². The first-order valence-electron chi connectivity index (χ1n) is 4.29. The summed E-state index contributed by atoms with van der Waals surface area (Å²) in [6.07, 6.45) is 0.831. The van der Waals surface area contributed by atoms with Gasteiger partial charge in [-0.1, -0.05) is 0 Å². The van der Waals surface area contributed by atoms with Crippen LogP contribution in [0.1, 0.15) is 6.92 Å². The van der Waals surface area contributed by atoms with Crippen LogP contribution in [0.4, 0.5) is 4.79 Å². The first-order chi connectivity index (χ1) is 7.31. The van der Waals surface area contributed by atoms with Gasteiger partial charge in [-0.2, -0.15) is 0 Å². The summed E-state index contributed by atoms with van der Waals surface area (Å²) in [5, 5.41) is 15.6. The number of hydrogen-bond acceptors (Lipinski definition) is 4. The molecule has 0 saturated heterocycles. The Labute approximate surface area is 92.9 Å². The van der Waals surface area contributed by atoms with Gasteiger partial charge in [0.05, 0.1) is 6.61 Å². The molecule has 0 heterocycles. The second-order valence-electron chi connectivity index (χ2n) is 2.60. The Bertz CT molecular complexity index is 255. The number of aliphatic carboxylic acids is 2. The van der Waals surface area contributed by atoms with Crippen molar-refractivity contribution in [2.75, 3.05) is 20.7 Å². The molecule has 7 heteroatoms. The molecule has 16 heavy (non-hydrogen) atoms. The summed E-state index contributed by atoms with van der Waals surface area (Å²) in [6.45, 7) is 2.22. The van der Waals surface area contributed by atoms with E-state index >= 15 is 0 Å². The van der Waals surface area contributed by atoms with Crippen LogP contribution in [0.2, 0.25) is 0 Å². The topological polar surface area (TPSA) is 104 Å². The van der Waals surface area contributed by atoms with Gasteiger partial charge in [-0.15, -0.1) is 0 Å². The van der Waals surface area contributed by atoms with Gasteiger partial charge in [-0.25, -0.2) is 14.4 Å². The van der Waals surface area contributed by atoms with Gasteiger partial charge in [0.2, 0.25) is 0 Å². The normalized spacial score (nSPS) is 8.94. The summed E-state index contributed by atoms with van der Waals surface area (Å²) in [7, 11) is 3.30. The average Bonchev–Trinajstić information content (AvgIpc) is 2.16. The van der Waals surface area contributed by atoms with Crippen LogP contribution in [0.5, 0.6) is 0 Å². The molecule has 0 radical (unpaired) electrons. The minimum absolute atomic E-state index is 0.285. The SMILES string of the molecule is CCOC(=O)N(C)C.O=C(O)/C=C/C(=O)O. The molecule has 0 atom stereocenters. The predicted octanol–water partition coefficient (Wildman–Crippen LogP) is 0.416. The third-order valence-electron chi connectivity index (χ3n) is 1.00. The molecule has 0 aromatic carbocycles. The minimum atomic E-state index is -1.26. The number of ether oxygens (including phenoxy) is 1. The Kier molecular flexibility index (Phi) is 9.73. The highest BCUT2D eigenvalue weighted by atomic mass is 16.5. The van der Waals surface area contributed by atoms with Crippen molar-refractivity contribution in [2.45, 2.75) is 6.92 Å². The number of amides is 1. The number of carboxylic acids is 2. The largest absolute Gasteiger partial charge is 0.478 e. The molecule has 0 aliphatic carbocycles. The lowest BCUT2D eigenvalue weighted by molar-refractivity contribution is -0.134. The number of carbonyl (C=O) groups is 3. The van der Waals surface area contributed by atoms with Crippen LogP contribution in [0.15, 0.2) is 12.2 Å². The molecule has 7 nitrogen and oxygen atoms in total. The maximum Gasteiger partial charge on any atom is 0.409 e. The first-order valence-corrected chi connectivity index (χ1v) is 4.29. The van der Waals surface area contributed by atoms with Crippen LogP contribution in [0, 0.1) is 0 Å². The lowest BCUT2D eigenvalue weighted by Crippen LogP contribution is -2.22. The summed E-state index contributed by atoms with van der Waals surface area (Å²) in [5.74, 6) is -2.51. The van der Waals surface area contributed by atoms with Crippen molar-refractivity contribution in [3.05, 3.63) is 12.2 Å². The smallest absolute Gasteiger partial charge is 0.409 e. The summed E-state index contributed by atoms with van der Waals surface area (Å²) >= 11 is 0. The molecule has 92 valence electrons. The van der Waals surface area contributed by atoms with E-state index < -0.39 is 11.9 Å². The highest BCUT2D eigenvalue weighted by Gasteiger charge is 1.99. The molecule has 0 saturated carbocycles. The zero-order valence-corrected chi connectivity index (χ0v) is 9.34. The lowest BCUT2D eigenvalue weighted by Gasteiger charge is -2.07. The van der Waals surface area contributed by atoms with Crippen molar-refractivity contribution in [1.82, 2.24) is 4.90 Å². The molecule has 1 amide bonds. The second-order valence-corrected chi connectivity index (χ2v) is 2.60. The third-order valence-corrected chi connectivity index (χ3v) is 1.00. The molecule has 2 N–H and O–H groups in total. The van der Waals surface area contributed by atoms with Crippen molar-refractivity contribution in [2.24, 2.45) is 0 Å². The molecular formula is C9H15NO6. The first kappa shape index (κ1) is 16.4. The van der Waals surface area contributed by atoms with E-state index in [1.807, 2.05) is 0 Å². The maximum atomic E-state index is 10.4. The molecule has 0 spiro atoms. The van der Waals surface area contributed by atoms with Crippen LogP contribution in [0.25, 0.3) is 0 Å². The zero-order chi connectivity index (χ0) is 13.1. The van der Waals surface area contributed by atoms with Crippen molar-refractivity contribution >= 4 is 18.0 Å². The fourth-order valence-corrected chi connectivity index (χ4v) is 0.395. The van der Waals surface area contributed by atoms with Gasteiger partial charge in [-0.05, 0) is 6.92 Å². The van der Waals surface area contributed by atoms with Crippen molar-refractivity contribution in [1.29, 1.82) is 0 Å². The Morgan fingerprint density at radius 2 is 1.50 bits per heavy atom. The Morgan fingerprint density at radius 1 is 1.12 bits per heavy atom. The summed E-state index contributed by atoms with van der Waals surface area (Å²) in [6, 6.07) is 0. The van der Waals surface area contributed by atoms with Crippen molar-refractivity contribution in [3.63, 3.8) is 0 Å². The summed E-state index contributed by atoms with van der Waals surface area (Å²) in [5.41, 5.74) is 0. The van der Waals surface area contributed by atoms with E-state index in [2.05, 4.69) is 4.74 Å². The predicted molar refractivity (Wildman–Crippen MR) is 55.1 cm³/mol. The van der Waals surface area contributed by atoms with Gasteiger partial charge in [0.25, 0.3) is 0 Å². The van der Waals surface area contributed by atoms with Crippen molar-refractivity contribution in [3.8, 4) is 0 Å². The molecule has 0 aromatic rings. The average molecular weight is 233 g/mol. The van der Waals surface area contributed by atoms with E-state index in [9.17, 15) is 14.4 Å². The third kappa shape index (κ3) is 14.5. The van der Waals surface area contributed by atoms with Crippen LogP contribution in [-0.2, 0) is 14.3 Å². The van der Waals surface area contributed by atoms with Crippen LogP contribution in [-0.4, -0.2) is 53.8 Å². The van der Waals surface area contributed by atoms with Gasteiger partial charge in [0.1, 0.15) is 0 Å². The Hall–Kier alpha value is -2.05. The van der Waals surface area contributed by atoms with E-state index in [1.54, 1.807) is 21.0 Å². The Morgan fingerprint density at radius 3 is 1.62 bits per heavy atom. The number of carbonyl (C=O) groups excluding carboxylic acids is 1. The van der Waals surface area contributed by atoms with E-state index in [0.29, 0.717) is 18.8 Å². The fraction of sp³-hybridized carbons (Fsp3) is 0.444. The summed E-state index contributed by atoms with van der Waals surface area (Å²) in [4.78, 5) is 30.9. The Balaban J connectivity index is 0. The quantitative estimate of drug-likeness (QED) is 0.684. The maximum absolute atomic E-state index is 10.4. The molecule has 0 aromatic heterocycles. The number of nitrogens with zero attached hydrogens (tertiary/aromatic N) is 1. The molecule has 0 rings (SSSR count). The summed E-state index contributed by atoms with van der Waals surface area (Å²) < 4.78 is 4.59. The molecule has 0 aliphatic heterocycles. The molecule has 0 bridgehead atoms.